The molecule has 1 unspecified atom stereocenters. The zero-order valence-electron chi connectivity index (χ0n) is 9.16. The van der Waals surface area contributed by atoms with E-state index in [0.717, 1.165) is 24.2 Å². The van der Waals surface area contributed by atoms with Crippen molar-refractivity contribution in [2.45, 2.75) is 26.3 Å². The third kappa shape index (κ3) is 3.32. The number of hydrogen-bond acceptors (Lipinski definition) is 3. The van der Waals surface area contributed by atoms with Crippen molar-refractivity contribution in [3.05, 3.63) is 29.6 Å². The molecule has 1 rings (SSSR count). The van der Waals surface area contributed by atoms with E-state index in [1.165, 1.54) is 0 Å². The standard InChI is InChI=1S/C11H17N3O/c1-3-6-13-10(11(12)15)9-5-4-8(2)14-7-9/h4-5,7,10,13H,3,6H2,1-2H3,(H2,12,15). The van der Waals surface area contributed by atoms with Gasteiger partial charge in [0.1, 0.15) is 6.04 Å². The van der Waals surface area contributed by atoms with Crippen molar-refractivity contribution in [2.24, 2.45) is 5.73 Å². The average molecular weight is 207 g/mol. The Morgan fingerprint density at radius 3 is 2.80 bits per heavy atom. The van der Waals surface area contributed by atoms with Crippen molar-refractivity contribution in [2.75, 3.05) is 6.54 Å². The van der Waals surface area contributed by atoms with Gasteiger partial charge in [-0.2, -0.15) is 0 Å². The van der Waals surface area contributed by atoms with E-state index in [-0.39, 0.29) is 5.91 Å². The summed E-state index contributed by atoms with van der Waals surface area (Å²) in [6, 6.07) is 3.32. The molecule has 0 aliphatic rings. The summed E-state index contributed by atoms with van der Waals surface area (Å²) in [6.45, 7) is 4.71. The Labute approximate surface area is 89.9 Å². The molecule has 0 bridgehead atoms. The monoisotopic (exact) mass is 207 g/mol. The maximum absolute atomic E-state index is 11.2. The quantitative estimate of drug-likeness (QED) is 0.754. The molecule has 0 radical (unpaired) electrons. The normalized spacial score (nSPS) is 12.4. The fourth-order valence-corrected chi connectivity index (χ4v) is 1.32. The van der Waals surface area contributed by atoms with Crippen LogP contribution in [-0.2, 0) is 4.79 Å². The summed E-state index contributed by atoms with van der Waals surface area (Å²) < 4.78 is 0. The van der Waals surface area contributed by atoms with Crippen LogP contribution in [0.4, 0.5) is 0 Å². The number of rotatable bonds is 5. The van der Waals surface area contributed by atoms with Crippen LogP contribution in [0, 0.1) is 6.92 Å². The molecule has 1 aromatic heterocycles. The number of nitrogens with two attached hydrogens (primary N) is 1. The van der Waals surface area contributed by atoms with E-state index in [9.17, 15) is 4.79 Å². The molecule has 0 spiro atoms. The summed E-state index contributed by atoms with van der Waals surface area (Å²) in [4.78, 5) is 15.4. The van der Waals surface area contributed by atoms with Gasteiger partial charge in [0.15, 0.2) is 0 Å². The molecule has 4 nitrogen and oxygen atoms in total. The molecular formula is C11H17N3O. The van der Waals surface area contributed by atoms with Crippen LogP contribution < -0.4 is 11.1 Å². The highest BCUT2D eigenvalue weighted by Gasteiger charge is 2.16. The number of amides is 1. The minimum absolute atomic E-state index is 0.367. The van der Waals surface area contributed by atoms with E-state index in [2.05, 4.69) is 10.3 Å². The second-order valence-corrected chi connectivity index (χ2v) is 3.52. The van der Waals surface area contributed by atoms with Crippen LogP contribution in [0.25, 0.3) is 0 Å². The van der Waals surface area contributed by atoms with E-state index >= 15 is 0 Å². The number of carbonyl (C=O) groups excluding carboxylic acids is 1. The Hall–Kier alpha value is -1.42. The van der Waals surface area contributed by atoms with Crippen molar-refractivity contribution in [3.63, 3.8) is 0 Å². The zero-order chi connectivity index (χ0) is 11.3. The van der Waals surface area contributed by atoms with E-state index < -0.39 is 6.04 Å². The molecule has 3 N–H and O–H groups in total. The van der Waals surface area contributed by atoms with Crippen molar-refractivity contribution in [1.29, 1.82) is 0 Å². The molecule has 0 aromatic carbocycles. The lowest BCUT2D eigenvalue weighted by molar-refractivity contribution is -0.120. The summed E-state index contributed by atoms with van der Waals surface area (Å²) in [7, 11) is 0. The van der Waals surface area contributed by atoms with Gasteiger partial charge in [-0.15, -0.1) is 0 Å². The Bertz CT molecular complexity index is 321. The molecular weight excluding hydrogens is 190 g/mol. The molecule has 0 fully saturated rings. The lowest BCUT2D eigenvalue weighted by Gasteiger charge is -2.14. The number of nitrogens with zero attached hydrogens (tertiary/aromatic N) is 1. The fourth-order valence-electron chi connectivity index (χ4n) is 1.32. The Balaban J connectivity index is 2.79. The SMILES string of the molecule is CCCNC(C(N)=O)c1ccc(C)nc1. The zero-order valence-corrected chi connectivity index (χ0v) is 9.16. The third-order valence-electron chi connectivity index (χ3n) is 2.15. The van der Waals surface area contributed by atoms with Gasteiger partial charge in [0.25, 0.3) is 0 Å². The lowest BCUT2D eigenvalue weighted by atomic mass is 10.1. The highest BCUT2D eigenvalue weighted by molar-refractivity contribution is 5.81. The molecule has 15 heavy (non-hydrogen) atoms. The van der Waals surface area contributed by atoms with Gasteiger partial charge in [0.05, 0.1) is 0 Å². The maximum Gasteiger partial charge on any atom is 0.239 e. The third-order valence-corrected chi connectivity index (χ3v) is 2.15. The summed E-state index contributed by atoms with van der Waals surface area (Å²) >= 11 is 0. The molecule has 1 atom stereocenters. The van der Waals surface area contributed by atoms with Crippen LogP contribution in [0.15, 0.2) is 18.3 Å². The van der Waals surface area contributed by atoms with Crippen molar-refractivity contribution >= 4 is 5.91 Å². The van der Waals surface area contributed by atoms with Crippen molar-refractivity contribution in [3.8, 4) is 0 Å². The number of pyridine rings is 1. The van der Waals surface area contributed by atoms with Crippen molar-refractivity contribution in [1.82, 2.24) is 10.3 Å². The molecule has 82 valence electrons. The van der Waals surface area contributed by atoms with Crippen LogP contribution in [0.3, 0.4) is 0 Å². The highest BCUT2D eigenvalue weighted by atomic mass is 16.1. The molecule has 1 amide bonds. The van der Waals surface area contributed by atoms with Crippen LogP contribution in [0.1, 0.15) is 30.6 Å². The number of aromatic nitrogens is 1. The Morgan fingerprint density at radius 2 is 2.33 bits per heavy atom. The minimum Gasteiger partial charge on any atom is -0.368 e. The van der Waals surface area contributed by atoms with Gasteiger partial charge in [0.2, 0.25) is 5.91 Å². The summed E-state index contributed by atoms with van der Waals surface area (Å²) in [5.41, 5.74) is 7.07. The minimum atomic E-state index is -0.432. The molecule has 1 aromatic rings. The maximum atomic E-state index is 11.2. The molecule has 1 heterocycles. The van der Waals surface area contributed by atoms with Gasteiger partial charge in [-0.1, -0.05) is 13.0 Å². The number of carbonyl (C=O) groups is 1. The van der Waals surface area contributed by atoms with Gasteiger partial charge in [-0.25, -0.2) is 0 Å². The van der Waals surface area contributed by atoms with Crippen molar-refractivity contribution < 1.29 is 4.79 Å². The number of primary amides is 1. The summed E-state index contributed by atoms with van der Waals surface area (Å²) in [6.07, 6.45) is 2.65. The number of hydrogen-bond donors (Lipinski definition) is 2. The fraction of sp³-hybridized carbons (Fsp3) is 0.455. The second-order valence-electron chi connectivity index (χ2n) is 3.52. The van der Waals surface area contributed by atoms with E-state index in [4.69, 9.17) is 5.73 Å². The highest BCUT2D eigenvalue weighted by Crippen LogP contribution is 2.11. The Morgan fingerprint density at radius 1 is 1.60 bits per heavy atom. The molecule has 0 aliphatic heterocycles. The van der Waals surface area contributed by atoms with Gasteiger partial charge in [0, 0.05) is 11.9 Å². The summed E-state index contributed by atoms with van der Waals surface area (Å²) in [5, 5.41) is 3.09. The first kappa shape index (κ1) is 11.7. The average Bonchev–Trinajstić information content (AvgIpc) is 2.21. The van der Waals surface area contributed by atoms with E-state index in [1.807, 2.05) is 26.0 Å². The van der Waals surface area contributed by atoms with E-state index in [0.29, 0.717) is 0 Å². The van der Waals surface area contributed by atoms with Crippen LogP contribution in [-0.4, -0.2) is 17.4 Å². The first-order chi connectivity index (χ1) is 7.15. The van der Waals surface area contributed by atoms with Gasteiger partial charge < -0.3 is 11.1 Å². The molecule has 4 heteroatoms. The molecule has 0 saturated carbocycles. The largest absolute Gasteiger partial charge is 0.368 e. The molecule has 0 saturated heterocycles. The predicted octanol–water partition coefficient (Wildman–Crippen LogP) is 0.916. The van der Waals surface area contributed by atoms with Crippen LogP contribution in [0.2, 0.25) is 0 Å². The second kappa shape index (κ2) is 5.46. The predicted molar refractivity (Wildman–Crippen MR) is 59.2 cm³/mol. The van der Waals surface area contributed by atoms with Gasteiger partial charge >= 0.3 is 0 Å². The lowest BCUT2D eigenvalue weighted by Crippen LogP contribution is -2.34. The smallest absolute Gasteiger partial charge is 0.239 e. The number of nitrogens with one attached hydrogen (secondary N) is 1. The molecule has 0 aliphatic carbocycles. The number of aryl methyl sites for hydroxylation is 1. The summed E-state index contributed by atoms with van der Waals surface area (Å²) in [5.74, 6) is -0.367. The van der Waals surface area contributed by atoms with Crippen LogP contribution >= 0.6 is 0 Å². The van der Waals surface area contributed by atoms with E-state index in [1.54, 1.807) is 6.20 Å². The van der Waals surface area contributed by atoms with Gasteiger partial charge in [-0.3, -0.25) is 9.78 Å². The first-order valence-corrected chi connectivity index (χ1v) is 5.10. The van der Waals surface area contributed by atoms with Gasteiger partial charge in [-0.05, 0) is 31.5 Å². The topological polar surface area (TPSA) is 68.0 Å². The first-order valence-electron chi connectivity index (χ1n) is 5.10. The Kier molecular flexibility index (Phi) is 4.24. The van der Waals surface area contributed by atoms with Crippen LogP contribution in [0.5, 0.6) is 0 Å².